The van der Waals surface area contributed by atoms with Crippen LogP contribution >= 0.6 is 0 Å². The summed E-state index contributed by atoms with van der Waals surface area (Å²) in [6, 6.07) is 0. The quantitative estimate of drug-likeness (QED) is 0.740. The predicted octanol–water partition coefficient (Wildman–Crippen LogP) is -0.210. The van der Waals surface area contributed by atoms with Crippen LogP contribution in [0.2, 0.25) is 0 Å². The first-order valence-corrected chi connectivity index (χ1v) is 6.37. The number of hydrogen-bond acceptors (Lipinski definition) is 4. The van der Waals surface area contributed by atoms with Gasteiger partial charge in [-0.15, -0.1) is 0 Å². The minimum atomic E-state index is -2.94. The van der Waals surface area contributed by atoms with Crippen LogP contribution in [-0.2, 0) is 34.4 Å². The summed E-state index contributed by atoms with van der Waals surface area (Å²) < 4.78 is 24.5. The summed E-state index contributed by atoms with van der Waals surface area (Å²) in [7, 11) is -2.94. The molecule has 0 fully saturated rings. The van der Waals surface area contributed by atoms with Crippen LogP contribution in [0, 0.1) is 0 Å². The summed E-state index contributed by atoms with van der Waals surface area (Å²) in [6.07, 6.45) is 0. The second-order valence-corrected chi connectivity index (χ2v) is 5.49. The van der Waals surface area contributed by atoms with Crippen LogP contribution in [0.25, 0.3) is 0 Å². The average molecular weight is 215 g/mol. The molecule has 0 atom stereocenters. The standard InChI is InChI=1S/C8H13N3O2S/c1-2-11-8-5-14(12,13)4-6(8)7(3-9)10-11/h2-5,9H2,1H3. The summed E-state index contributed by atoms with van der Waals surface area (Å²) in [5.41, 5.74) is 7.89. The average Bonchev–Trinajstić information content (AvgIpc) is 2.57. The van der Waals surface area contributed by atoms with Crippen molar-refractivity contribution in [2.45, 2.75) is 31.5 Å². The number of sulfone groups is 1. The molecule has 78 valence electrons. The van der Waals surface area contributed by atoms with Crippen molar-refractivity contribution in [2.75, 3.05) is 0 Å². The van der Waals surface area contributed by atoms with Crippen molar-refractivity contribution >= 4 is 9.84 Å². The fraction of sp³-hybridized carbons (Fsp3) is 0.625. The molecule has 0 unspecified atom stereocenters. The molecule has 0 aromatic carbocycles. The fourth-order valence-electron chi connectivity index (χ4n) is 1.82. The van der Waals surface area contributed by atoms with E-state index >= 15 is 0 Å². The third-order valence-electron chi connectivity index (χ3n) is 2.46. The minimum absolute atomic E-state index is 0.106. The highest BCUT2D eigenvalue weighted by molar-refractivity contribution is 7.90. The van der Waals surface area contributed by atoms with E-state index in [4.69, 9.17) is 5.73 Å². The maximum atomic E-state index is 11.4. The van der Waals surface area contributed by atoms with Crippen LogP contribution in [0.1, 0.15) is 23.9 Å². The number of aromatic nitrogens is 2. The van der Waals surface area contributed by atoms with E-state index in [0.29, 0.717) is 13.1 Å². The number of nitrogens with zero attached hydrogens (tertiary/aromatic N) is 2. The zero-order valence-corrected chi connectivity index (χ0v) is 8.84. The Kier molecular flexibility index (Phi) is 2.11. The summed E-state index contributed by atoms with van der Waals surface area (Å²) in [5, 5.41) is 4.26. The van der Waals surface area contributed by atoms with Gasteiger partial charge < -0.3 is 5.73 Å². The summed E-state index contributed by atoms with van der Waals surface area (Å²) in [5.74, 6) is 0.220. The molecule has 1 aromatic heterocycles. The highest BCUT2D eigenvalue weighted by atomic mass is 32.2. The lowest BCUT2D eigenvalue weighted by atomic mass is 10.2. The van der Waals surface area contributed by atoms with Crippen molar-refractivity contribution in [3.05, 3.63) is 17.0 Å². The number of aryl methyl sites for hydroxylation is 1. The van der Waals surface area contributed by atoms with E-state index in [2.05, 4.69) is 5.10 Å². The van der Waals surface area contributed by atoms with E-state index in [1.807, 2.05) is 6.92 Å². The number of hydrogen-bond donors (Lipinski definition) is 1. The van der Waals surface area contributed by atoms with Gasteiger partial charge in [0.05, 0.1) is 22.9 Å². The van der Waals surface area contributed by atoms with Crippen LogP contribution in [-0.4, -0.2) is 18.2 Å². The summed E-state index contributed by atoms with van der Waals surface area (Å²) in [4.78, 5) is 0. The fourth-order valence-corrected chi connectivity index (χ4v) is 3.44. The first-order valence-electron chi connectivity index (χ1n) is 4.55. The maximum absolute atomic E-state index is 11.4. The first kappa shape index (κ1) is 9.67. The third kappa shape index (κ3) is 1.34. The van der Waals surface area contributed by atoms with Crippen molar-refractivity contribution in [2.24, 2.45) is 5.73 Å². The molecule has 1 aliphatic rings. The lowest BCUT2D eigenvalue weighted by Crippen LogP contribution is -2.07. The van der Waals surface area contributed by atoms with Gasteiger partial charge >= 0.3 is 0 Å². The van der Waals surface area contributed by atoms with Crippen molar-refractivity contribution in [1.82, 2.24) is 9.78 Å². The van der Waals surface area contributed by atoms with Crippen LogP contribution in [0.15, 0.2) is 0 Å². The van der Waals surface area contributed by atoms with E-state index in [1.54, 1.807) is 4.68 Å². The molecule has 0 bridgehead atoms. The molecule has 2 N–H and O–H groups in total. The predicted molar refractivity (Wildman–Crippen MR) is 52.1 cm³/mol. The Morgan fingerprint density at radius 3 is 2.79 bits per heavy atom. The second-order valence-electron chi connectivity index (χ2n) is 3.42. The molecule has 0 amide bonds. The first-order chi connectivity index (χ1) is 6.57. The Morgan fingerprint density at radius 1 is 1.50 bits per heavy atom. The molecule has 14 heavy (non-hydrogen) atoms. The Hall–Kier alpha value is -0.880. The van der Waals surface area contributed by atoms with Crippen LogP contribution in [0.3, 0.4) is 0 Å². The molecular weight excluding hydrogens is 202 g/mol. The van der Waals surface area contributed by atoms with Gasteiger partial charge in [-0.3, -0.25) is 4.68 Å². The SMILES string of the molecule is CCn1nc(CN)c2c1CS(=O)(=O)C2. The van der Waals surface area contributed by atoms with Gasteiger partial charge in [0, 0.05) is 18.7 Å². The monoisotopic (exact) mass is 215 g/mol. The number of fused-ring (bicyclic) bond motifs is 1. The maximum Gasteiger partial charge on any atom is 0.160 e. The Balaban J connectivity index is 2.55. The lowest BCUT2D eigenvalue weighted by molar-refractivity contribution is 0.589. The van der Waals surface area contributed by atoms with E-state index in [1.165, 1.54) is 0 Å². The number of rotatable bonds is 2. The number of nitrogens with two attached hydrogens (primary N) is 1. The van der Waals surface area contributed by atoms with Gasteiger partial charge in [-0.25, -0.2) is 8.42 Å². The van der Waals surface area contributed by atoms with Gasteiger partial charge in [-0.2, -0.15) is 5.10 Å². The van der Waals surface area contributed by atoms with Gasteiger partial charge in [0.25, 0.3) is 0 Å². The zero-order chi connectivity index (χ0) is 10.3. The van der Waals surface area contributed by atoms with Crippen molar-refractivity contribution in [3.63, 3.8) is 0 Å². The molecule has 0 radical (unpaired) electrons. The van der Waals surface area contributed by atoms with Crippen LogP contribution in [0.5, 0.6) is 0 Å². The molecule has 0 saturated heterocycles. The largest absolute Gasteiger partial charge is 0.325 e. The molecular formula is C8H13N3O2S. The van der Waals surface area contributed by atoms with Gasteiger partial charge in [0.1, 0.15) is 0 Å². The van der Waals surface area contributed by atoms with Gasteiger partial charge in [-0.1, -0.05) is 0 Å². The molecule has 0 spiro atoms. The van der Waals surface area contributed by atoms with E-state index < -0.39 is 9.84 Å². The molecule has 2 rings (SSSR count). The summed E-state index contributed by atoms with van der Waals surface area (Å²) >= 11 is 0. The summed E-state index contributed by atoms with van der Waals surface area (Å²) in [6.45, 7) is 2.95. The Bertz CT molecular complexity index is 427. The molecule has 1 aromatic rings. The molecule has 0 saturated carbocycles. The molecule has 0 aliphatic carbocycles. The van der Waals surface area contributed by atoms with Gasteiger partial charge in [0.15, 0.2) is 9.84 Å². The highest BCUT2D eigenvalue weighted by Gasteiger charge is 2.31. The topological polar surface area (TPSA) is 78.0 Å². The van der Waals surface area contributed by atoms with Gasteiger partial charge in [-0.05, 0) is 6.92 Å². The van der Waals surface area contributed by atoms with Crippen LogP contribution < -0.4 is 5.73 Å². The van der Waals surface area contributed by atoms with Gasteiger partial charge in [0.2, 0.25) is 0 Å². The third-order valence-corrected chi connectivity index (χ3v) is 3.91. The minimum Gasteiger partial charge on any atom is -0.325 e. The van der Waals surface area contributed by atoms with E-state index in [0.717, 1.165) is 17.0 Å². The zero-order valence-electron chi connectivity index (χ0n) is 8.02. The van der Waals surface area contributed by atoms with E-state index in [9.17, 15) is 8.42 Å². The molecule has 5 nitrogen and oxygen atoms in total. The van der Waals surface area contributed by atoms with Crippen LogP contribution in [0.4, 0.5) is 0 Å². The second kappa shape index (κ2) is 3.06. The normalized spacial score (nSPS) is 18.4. The van der Waals surface area contributed by atoms with Crippen molar-refractivity contribution < 1.29 is 8.42 Å². The molecule has 1 aliphatic heterocycles. The smallest absolute Gasteiger partial charge is 0.160 e. The van der Waals surface area contributed by atoms with Crippen molar-refractivity contribution in [1.29, 1.82) is 0 Å². The van der Waals surface area contributed by atoms with Crippen molar-refractivity contribution in [3.8, 4) is 0 Å². The Labute approximate surface area is 82.8 Å². The molecule has 6 heteroatoms. The molecule has 2 heterocycles. The lowest BCUT2D eigenvalue weighted by Gasteiger charge is -1.99. The highest BCUT2D eigenvalue weighted by Crippen LogP contribution is 2.27. The van der Waals surface area contributed by atoms with E-state index in [-0.39, 0.29) is 11.5 Å². The Morgan fingerprint density at radius 2 is 2.21 bits per heavy atom.